The van der Waals surface area contributed by atoms with Gasteiger partial charge in [0.2, 0.25) is 0 Å². The van der Waals surface area contributed by atoms with Gasteiger partial charge in [-0.05, 0) is 12.0 Å². The number of ketones is 1. The molecule has 0 aliphatic rings. The second kappa shape index (κ2) is 5.00. The minimum absolute atomic E-state index is 0.00630. The zero-order valence-electron chi connectivity index (χ0n) is 10.0. The van der Waals surface area contributed by atoms with Gasteiger partial charge in [0.25, 0.3) is 0 Å². The summed E-state index contributed by atoms with van der Waals surface area (Å²) in [7, 11) is 0. The number of nitrogens with zero attached hydrogens (tertiary/aromatic N) is 1. The fourth-order valence-corrected chi connectivity index (χ4v) is 1.99. The normalized spacial score (nSPS) is 12.5. The summed E-state index contributed by atoms with van der Waals surface area (Å²) in [5.74, 6) is -1.10. The van der Waals surface area contributed by atoms with Crippen LogP contribution >= 0.6 is 0 Å². The van der Waals surface area contributed by atoms with E-state index in [4.69, 9.17) is 5.11 Å². The fraction of sp³-hybridized carbons (Fsp3) is 0.308. The molecule has 2 aromatic rings. The van der Waals surface area contributed by atoms with Gasteiger partial charge in [-0.15, -0.1) is 0 Å². The van der Waals surface area contributed by atoms with Crippen LogP contribution in [-0.4, -0.2) is 26.8 Å². The molecular weight excluding hydrogens is 232 g/mol. The van der Waals surface area contributed by atoms with Gasteiger partial charge in [-0.3, -0.25) is 14.6 Å². The lowest BCUT2D eigenvalue weighted by Gasteiger charge is -2.06. The minimum Gasteiger partial charge on any atom is -0.481 e. The Bertz CT molecular complexity index is 589. The van der Waals surface area contributed by atoms with Crippen LogP contribution in [0.5, 0.6) is 0 Å². The molecule has 18 heavy (non-hydrogen) atoms. The number of hydrogen-bond donors (Lipinski definition) is 2. The van der Waals surface area contributed by atoms with Crippen molar-refractivity contribution < 1.29 is 14.7 Å². The van der Waals surface area contributed by atoms with Crippen LogP contribution in [0.2, 0.25) is 0 Å². The van der Waals surface area contributed by atoms with Crippen LogP contribution in [0.15, 0.2) is 24.7 Å². The summed E-state index contributed by atoms with van der Waals surface area (Å²) < 4.78 is 0. The van der Waals surface area contributed by atoms with Crippen molar-refractivity contribution in [1.82, 2.24) is 9.97 Å². The quantitative estimate of drug-likeness (QED) is 0.792. The predicted molar refractivity (Wildman–Crippen MR) is 66.5 cm³/mol. The number of aliphatic carboxylic acids is 1. The summed E-state index contributed by atoms with van der Waals surface area (Å²) in [6.07, 6.45) is 5.18. The molecule has 1 atom stereocenters. The van der Waals surface area contributed by atoms with Crippen LogP contribution in [0, 0.1) is 5.92 Å². The third-order valence-electron chi connectivity index (χ3n) is 2.84. The first-order chi connectivity index (χ1) is 8.58. The van der Waals surface area contributed by atoms with E-state index in [-0.39, 0.29) is 24.5 Å². The van der Waals surface area contributed by atoms with Crippen LogP contribution < -0.4 is 0 Å². The van der Waals surface area contributed by atoms with Crippen molar-refractivity contribution >= 4 is 22.7 Å². The van der Waals surface area contributed by atoms with Gasteiger partial charge in [0.1, 0.15) is 0 Å². The highest BCUT2D eigenvalue weighted by molar-refractivity contribution is 6.07. The fourth-order valence-electron chi connectivity index (χ4n) is 1.99. The van der Waals surface area contributed by atoms with Gasteiger partial charge in [-0.2, -0.15) is 0 Å². The van der Waals surface area contributed by atoms with Crippen molar-refractivity contribution in [2.45, 2.75) is 19.8 Å². The minimum atomic E-state index is -0.879. The maximum atomic E-state index is 12.1. The van der Waals surface area contributed by atoms with E-state index in [1.165, 1.54) is 0 Å². The molecule has 0 amide bonds. The Hall–Kier alpha value is -2.17. The smallest absolute Gasteiger partial charge is 0.303 e. The third-order valence-corrected chi connectivity index (χ3v) is 2.84. The van der Waals surface area contributed by atoms with E-state index < -0.39 is 5.97 Å². The molecule has 2 heterocycles. The van der Waals surface area contributed by atoms with Gasteiger partial charge in [0.05, 0.1) is 0 Å². The highest BCUT2D eigenvalue weighted by Gasteiger charge is 2.17. The summed E-state index contributed by atoms with van der Waals surface area (Å²) in [6.45, 7) is 1.76. The molecule has 0 bridgehead atoms. The lowest BCUT2D eigenvalue weighted by Crippen LogP contribution is -2.10. The summed E-state index contributed by atoms with van der Waals surface area (Å²) in [4.78, 5) is 29.6. The number of nitrogens with one attached hydrogen (secondary N) is 1. The van der Waals surface area contributed by atoms with Gasteiger partial charge in [0.15, 0.2) is 5.78 Å². The van der Waals surface area contributed by atoms with E-state index in [1.54, 1.807) is 31.6 Å². The van der Waals surface area contributed by atoms with E-state index in [9.17, 15) is 9.59 Å². The number of pyridine rings is 1. The van der Waals surface area contributed by atoms with Crippen molar-refractivity contribution in [2.75, 3.05) is 0 Å². The Balaban J connectivity index is 2.16. The molecule has 0 saturated carbocycles. The maximum Gasteiger partial charge on any atom is 0.303 e. The number of Topliss-reactive ketones (excluding diaryl/α,β-unsaturated/α-hetero) is 1. The molecule has 2 N–H and O–H groups in total. The monoisotopic (exact) mass is 246 g/mol. The largest absolute Gasteiger partial charge is 0.481 e. The molecule has 0 saturated heterocycles. The topological polar surface area (TPSA) is 83.0 Å². The van der Waals surface area contributed by atoms with Crippen molar-refractivity contribution in [3.8, 4) is 0 Å². The first-order valence-corrected chi connectivity index (χ1v) is 5.74. The lowest BCUT2D eigenvalue weighted by molar-refractivity contribution is -0.137. The number of carboxylic acids is 1. The first kappa shape index (κ1) is 12.3. The molecule has 0 aliphatic heterocycles. The average molecular weight is 246 g/mol. The number of fused-ring (bicyclic) bond motifs is 1. The highest BCUT2D eigenvalue weighted by atomic mass is 16.4. The van der Waals surface area contributed by atoms with Crippen LogP contribution in [0.3, 0.4) is 0 Å². The van der Waals surface area contributed by atoms with Gasteiger partial charge in [-0.1, -0.05) is 6.92 Å². The number of carboxylic acid groups (broad SMARTS) is 1. The van der Waals surface area contributed by atoms with Crippen LogP contribution in [0.1, 0.15) is 30.1 Å². The SMILES string of the molecule is CC(CC(=O)O)CC(=O)c1c[nH]c2ccncc12. The third kappa shape index (κ3) is 2.56. The molecule has 5 nitrogen and oxygen atoms in total. The number of carbonyl (C=O) groups excluding carboxylic acids is 1. The van der Waals surface area contributed by atoms with E-state index in [1.807, 2.05) is 0 Å². The van der Waals surface area contributed by atoms with Gasteiger partial charge in [0, 0.05) is 47.9 Å². The summed E-state index contributed by atoms with van der Waals surface area (Å²) in [5.41, 5.74) is 1.44. The number of hydrogen-bond acceptors (Lipinski definition) is 3. The number of rotatable bonds is 5. The second-order valence-electron chi connectivity index (χ2n) is 4.45. The van der Waals surface area contributed by atoms with Crippen molar-refractivity contribution in [2.24, 2.45) is 5.92 Å². The molecule has 5 heteroatoms. The first-order valence-electron chi connectivity index (χ1n) is 5.74. The van der Waals surface area contributed by atoms with Crippen molar-refractivity contribution in [1.29, 1.82) is 0 Å². The number of aromatic amines is 1. The Kier molecular flexibility index (Phi) is 3.41. The van der Waals surface area contributed by atoms with Crippen LogP contribution in [-0.2, 0) is 4.79 Å². The maximum absolute atomic E-state index is 12.1. The van der Waals surface area contributed by atoms with E-state index in [0.717, 1.165) is 10.9 Å². The standard InChI is InChI=1S/C13H14N2O3/c1-8(5-13(17)18)4-12(16)10-7-15-11-2-3-14-6-9(10)11/h2-3,6-8,15H,4-5H2,1H3,(H,17,18). The molecule has 2 aromatic heterocycles. The van der Waals surface area contributed by atoms with E-state index >= 15 is 0 Å². The number of carbonyl (C=O) groups is 2. The average Bonchev–Trinajstić information content (AvgIpc) is 2.71. The molecular formula is C13H14N2O3. The van der Waals surface area contributed by atoms with Crippen molar-refractivity contribution in [3.63, 3.8) is 0 Å². The number of H-pyrrole nitrogens is 1. The van der Waals surface area contributed by atoms with Gasteiger partial charge >= 0.3 is 5.97 Å². The Morgan fingerprint density at radius 3 is 2.94 bits per heavy atom. The van der Waals surface area contributed by atoms with Crippen molar-refractivity contribution in [3.05, 3.63) is 30.2 Å². The molecule has 0 aliphatic carbocycles. The van der Waals surface area contributed by atoms with Gasteiger partial charge < -0.3 is 10.1 Å². The summed E-state index contributed by atoms with van der Waals surface area (Å²) >= 11 is 0. The molecule has 0 aromatic carbocycles. The van der Waals surface area contributed by atoms with E-state index in [2.05, 4.69) is 9.97 Å². The Morgan fingerprint density at radius 1 is 1.44 bits per heavy atom. The predicted octanol–water partition coefficient (Wildman–Crippen LogP) is 2.25. The molecule has 2 rings (SSSR count). The van der Waals surface area contributed by atoms with E-state index in [0.29, 0.717) is 5.56 Å². The molecule has 94 valence electrons. The zero-order chi connectivity index (χ0) is 13.1. The Labute approximate surface area is 104 Å². The van der Waals surface area contributed by atoms with Gasteiger partial charge in [-0.25, -0.2) is 0 Å². The number of aromatic nitrogens is 2. The molecule has 0 fully saturated rings. The lowest BCUT2D eigenvalue weighted by atomic mass is 9.97. The highest BCUT2D eigenvalue weighted by Crippen LogP contribution is 2.20. The molecule has 0 radical (unpaired) electrons. The second-order valence-corrected chi connectivity index (χ2v) is 4.45. The summed E-state index contributed by atoms with van der Waals surface area (Å²) in [5, 5.41) is 9.45. The zero-order valence-corrected chi connectivity index (χ0v) is 10.0. The summed E-state index contributed by atoms with van der Waals surface area (Å²) in [6, 6.07) is 1.80. The van der Waals surface area contributed by atoms with Crippen LogP contribution in [0.4, 0.5) is 0 Å². The molecule has 1 unspecified atom stereocenters. The Morgan fingerprint density at radius 2 is 2.22 bits per heavy atom. The van der Waals surface area contributed by atoms with Crippen LogP contribution in [0.25, 0.3) is 10.9 Å². The molecule has 0 spiro atoms.